The van der Waals surface area contributed by atoms with Crippen LogP contribution in [0.1, 0.15) is 36.7 Å². The van der Waals surface area contributed by atoms with Crippen LogP contribution in [0.15, 0.2) is 22.8 Å². The molecule has 0 bridgehead atoms. The second-order valence-electron chi connectivity index (χ2n) is 4.98. The summed E-state index contributed by atoms with van der Waals surface area (Å²) >= 11 is 0. The number of hydrogen-bond donors (Lipinski definition) is 1. The van der Waals surface area contributed by atoms with Crippen LogP contribution in [0.4, 0.5) is 0 Å². The predicted octanol–water partition coefficient (Wildman–Crippen LogP) is 1.43. The number of ether oxygens (including phenoxy) is 1. The van der Waals surface area contributed by atoms with Gasteiger partial charge in [0.05, 0.1) is 6.26 Å². The van der Waals surface area contributed by atoms with Gasteiger partial charge in [-0.3, -0.25) is 9.59 Å². The van der Waals surface area contributed by atoms with Gasteiger partial charge in [0.25, 0.3) is 5.91 Å². The molecule has 2 amide bonds. The maximum absolute atomic E-state index is 12.3. The summed E-state index contributed by atoms with van der Waals surface area (Å²) < 4.78 is 10.3. The Morgan fingerprint density at radius 1 is 1.52 bits per heavy atom. The molecule has 1 aliphatic heterocycles. The first-order valence-electron chi connectivity index (χ1n) is 7.44. The number of furan rings is 1. The van der Waals surface area contributed by atoms with E-state index in [2.05, 4.69) is 5.32 Å². The third-order valence-corrected chi connectivity index (χ3v) is 3.52. The summed E-state index contributed by atoms with van der Waals surface area (Å²) in [6, 6.07) is 2.90. The van der Waals surface area contributed by atoms with Crippen LogP contribution in [0.3, 0.4) is 0 Å². The molecule has 1 unspecified atom stereocenters. The van der Waals surface area contributed by atoms with Crippen LogP contribution in [0.25, 0.3) is 0 Å². The molecule has 6 heteroatoms. The van der Waals surface area contributed by atoms with Crippen LogP contribution in [0, 0.1) is 0 Å². The minimum Gasteiger partial charge on any atom is -0.459 e. The fraction of sp³-hybridized carbons (Fsp3) is 0.600. The van der Waals surface area contributed by atoms with Gasteiger partial charge in [0, 0.05) is 26.3 Å². The van der Waals surface area contributed by atoms with E-state index in [1.807, 2.05) is 6.92 Å². The Balaban J connectivity index is 1.83. The van der Waals surface area contributed by atoms with E-state index >= 15 is 0 Å². The van der Waals surface area contributed by atoms with Gasteiger partial charge >= 0.3 is 0 Å². The smallest absolute Gasteiger partial charge is 0.290 e. The average molecular weight is 294 g/mol. The fourth-order valence-electron chi connectivity index (χ4n) is 2.47. The summed E-state index contributed by atoms with van der Waals surface area (Å²) in [4.78, 5) is 26.1. The first-order chi connectivity index (χ1) is 10.2. The Labute approximate surface area is 124 Å². The van der Waals surface area contributed by atoms with Crippen molar-refractivity contribution in [1.29, 1.82) is 0 Å². The van der Waals surface area contributed by atoms with Gasteiger partial charge in [0.15, 0.2) is 5.76 Å². The average Bonchev–Trinajstić information content (AvgIpc) is 3.17. The lowest BCUT2D eigenvalue weighted by molar-refractivity contribution is -0.124. The normalized spacial score (nSPS) is 18.0. The van der Waals surface area contributed by atoms with Crippen molar-refractivity contribution in [2.45, 2.75) is 32.2 Å². The zero-order valence-electron chi connectivity index (χ0n) is 12.3. The fourth-order valence-corrected chi connectivity index (χ4v) is 2.47. The summed E-state index contributed by atoms with van der Waals surface area (Å²) in [5.74, 6) is -0.0260. The largest absolute Gasteiger partial charge is 0.459 e. The highest BCUT2D eigenvalue weighted by Gasteiger charge is 2.35. The van der Waals surface area contributed by atoms with Gasteiger partial charge in [0.1, 0.15) is 6.04 Å². The molecule has 1 saturated heterocycles. The summed E-state index contributed by atoms with van der Waals surface area (Å²) in [5, 5.41) is 2.87. The van der Waals surface area contributed by atoms with Crippen molar-refractivity contribution in [3.63, 3.8) is 0 Å². The Bertz CT molecular complexity index is 458. The monoisotopic (exact) mass is 294 g/mol. The summed E-state index contributed by atoms with van der Waals surface area (Å²) in [5.41, 5.74) is 0. The second-order valence-corrected chi connectivity index (χ2v) is 4.98. The van der Waals surface area contributed by atoms with E-state index in [1.54, 1.807) is 17.0 Å². The van der Waals surface area contributed by atoms with Crippen molar-refractivity contribution in [3.05, 3.63) is 24.2 Å². The summed E-state index contributed by atoms with van der Waals surface area (Å²) in [6.45, 7) is 4.42. The van der Waals surface area contributed by atoms with E-state index in [1.165, 1.54) is 6.26 Å². The molecule has 21 heavy (non-hydrogen) atoms. The molecule has 0 spiro atoms. The number of likely N-dealkylation sites (tertiary alicyclic amines) is 1. The van der Waals surface area contributed by atoms with Crippen molar-refractivity contribution in [1.82, 2.24) is 10.2 Å². The number of rotatable bonds is 7. The maximum Gasteiger partial charge on any atom is 0.290 e. The van der Waals surface area contributed by atoms with Crippen LogP contribution in [-0.4, -0.2) is 49.1 Å². The molecule has 1 N–H and O–H groups in total. The third-order valence-electron chi connectivity index (χ3n) is 3.52. The first kappa shape index (κ1) is 15.6. The van der Waals surface area contributed by atoms with Gasteiger partial charge in [-0.25, -0.2) is 0 Å². The van der Waals surface area contributed by atoms with Crippen LogP contribution < -0.4 is 5.32 Å². The molecule has 6 nitrogen and oxygen atoms in total. The minimum absolute atomic E-state index is 0.0936. The molecule has 0 saturated carbocycles. The highest BCUT2D eigenvalue weighted by atomic mass is 16.5. The van der Waals surface area contributed by atoms with E-state index < -0.39 is 6.04 Å². The molecule has 1 fully saturated rings. The van der Waals surface area contributed by atoms with Crippen LogP contribution >= 0.6 is 0 Å². The van der Waals surface area contributed by atoms with Gasteiger partial charge in [-0.2, -0.15) is 0 Å². The minimum atomic E-state index is -0.394. The molecule has 0 aromatic carbocycles. The maximum atomic E-state index is 12.3. The number of hydrogen-bond acceptors (Lipinski definition) is 4. The number of nitrogens with zero attached hydrogens (tertiary/aromatic N) is 1. The summed E-state index contributed by atoms with van der Waals surface area (Å²) in [7, 11) is 0. The Hall–Kier alpha value is -1.82. The van der Waals surface area contributed by atoms with Gasteiger partial charge in [-0.1, -0.05) is 0 Å². The second kappa shape index (κ2) is 7.83. The van der Waals surface area contributed by atoms with Crippen LogP contribution in [0.2, 0.25) is 0 Å². The summed E-state index contributed by atoms with van der Waals surface area (Å²) in [6.07, 6.45) is 3.78. The van der Waals surface area contributed by atoms with E-state index in [9.17, 15) is 9.59 Å². The lowest BCUT2D eigenvalue weighted by Crippen LogP contribution is -2.46. The first-order valence-corrected chi connectivity index (χ1v) is 7.44. The molecule has 1 aliphatic rings. The van der Waals surface area contributed by atoms with Crippen molar-refractivity contribution in [2.75, 3.05) is 26.3 Å². The molecular formula is C15H22N2O4. The molecule has 2 rings (SSSR count). The molecule has 2 heterocycles. The van der Waals surface area contributed by atoms with Gasteiger partial charge in [-0.05, 0) is 38.3 Å². The number of nitrogens with one attached hydrogen (secondary N) is 1. The van der Waals surface area contributed by atoms with E-state index in [4.69, 9.17) is 9.15 Å². The van der Waals surface area contributed by atoms with Crippen molar-refractivity contribution in [3.8, 4) is 0 Å². The predicted molar refractivity (Wildman–Crippen MR) is 76.9 cm³/mol. The molecule has 1 aromatic rings. The Morgan fingerprint density at radius 2 is 2.38 bits per heavy atom. The highest BCUT2D eigenvalue weighted by Crippen LogP contribution is 2.20. The highest BCUT2D eigenvalue weighted by molar-refractivity contribution is 5.95. The van der Waals surface area contributed by atoms with E-state index in [0.717, 1.165) is 12.8 Å². The topological polar surface area (TPSA) is 71.8 Å². The molecule has 116 valence electrons. The van der Waals surface area contributed by atoms with Crippen molar-refractivity contribution in [2.24, 2.45) is 0 Å². The zero-order valence-corrected chi connectivity index (χ0v) is 12.3. The van der Waals surface area contributed by atoms with Crippen molar-refractivity contribution < 1.29 is 18.7 Å². The standard InChI is InChI=1S/C15H22N2O4/c1-2-20-10-5-8-16-14(18)12-6-3-9-17(12)15(19)13-7-4-11-21-13/h4,7,11-12H,2-3,5-6,8-10H2,1H3,(H,16,18). The van der Waals surface area contributed by atoms with E-state index in [-0.39, 0.29) is 17.6 Å². The van der Waals surface area contributed by atoms with E-state index in [0.29, 0.717) is 32.7 Å². The number of amides is 2. The van der Waals surface area contributed by atoms with Gasteiger partial charge in [-0.15, -0.1) is 0 Å². The molecule has 1 atom stereocenters. The molecule has 1 aromatic heterocycles. The molecular weight excluding hydrogens is 272 g/mol. The quantitative estimate of drug-likeness (QED) is 0.772. The zero-order chi connectivity index (χ0) is 15.1. The van der Waals surface area contributed by atoms with Gasteiger partial charge < -0.3 is 19.4 Å². The van der Waals surface area contributed by atoms with Crippen LogP contribution in [0.5, 0.6) is 0 Å². The number of carbonyl (C=O) groups is 2. The SMILES string of the molecule is CCOCCCNC(=O)C1CCCN1C(=O)c1ccco1. The lowest BCUT2D eigenvalue weighted by atomic mass is 10.2. The molecule has 0 aliphatic carbocycles. The lowest BCUT2D eigenvalue weighted by Gasteiger charge is -2.23. The number of carbonyl (C=O) groups excluding carboxylic acids is 2. The van der Waals surface area contributed by atoms with Gasteiger partial charge in [0.2, 0.25) is 5.91 Å². The Kier molecular flexibility index (Phi) is 5.80. The van der Waals surface area contributed by atoms with Crippen LogP contribution in [-0.2, 0) is 9.53 Å². The molecule has 0 radical (unpaired) electrons. The Morgan fingerprint density at radius 3 is 3.10 bits per heavy atom. The third kappa shape index (κ3) is 4.07. The van der Waals surface area contributed by atoms with Crippen molar-refractivity contribution >= 4 is 11.8 Å².